The molecule has 0 aliphatic carbocycles. The minimum Gasteiger partial charge on any atom is -0.480 e. The lowest BCUT2D eigenvalue weighted by Gasteiger charge is -2.28. The molecule has 0 aromatic carbocycles. The van der Waals surface area contributed by atoms with Gasteiger partial charge in [-0.25, -0.2) is 9.59 Å². The fourth-order valence-electron chi connectivity index (χ4n) is 3.01. The molecular weight excluding hydrogens is 352 g/mol. The van der Waals surface area contributed by atoms with Crippen LogP contribution < -0.4 is 5.32 Å². The van der Waals surface area contributed by atoms with Crippen LogP contribution in [-0.2, 0) is 14.3 Å². The number of likely N-dealkylation sites (tertiary alicyclic amines) is 1. The largest absolute Gasteiger partial charge is 0.480 e. The van der Waals surface area contributed by atoms with E-state index in [0.29, 0.717) is 12.8 Å². The van der Waals surface area contributed by atoms with Gasteiger partial charge in [-0.1, -0.05) is 18.9 Å². The van der Waals surface area contributed by atoms with E-state index in [0.717, 1.165) is 24.2 Å². The van der Waals surface area contributed by atoms with Crippen molar-refractivity contribution in [2.75, 3.05) is 6.54 Å². The number of amides is 2. The SMILES string of the molecule is C=CCCCCC[C@H](NC(=O)OC(C)(C)C)C(=O)N1C[C@@H](O)C[C@H]1C(=O)O. The fraction of sp³-hybridized carbons (Fsp3) is 0.737. The summed E-state index contributed by atoms with van der Waals surface area (Å²) in [4.78, 5) is 37.6. The Morgan fingerprint density at radius 1 is 1.30 bits per heavy atom. The highest BCUT2D eigenvalue weighted by atomic mass is 16.6. The van der Waals surface area contributed by atoms with E-state index in [1.807, 2.05) is 6.08 Å². The molecule has 8 nitrogen and oxygen atoms in total. The molecule has 8 heteroatoms. The monoisotopic (exact) mass is 384 g/mol. The Balaban J connectivity index is 2.81. The second kappa shape index (κ2) is 10.3. The number of hydrogen-bond acceptors (Lipinski definition) is 5. The minimum absolute atomic E-state index is 0.0143. The summed E-state index contributed by atoms with van der Waals surface area (Å²) in [5, 5.41) is 21.7. The van der Waals surface area contributed by atoms with Gasteiger partial charge in [-0.3, -0.25) is 4.79 Å². The van der Waals surface area contributed by atoms with Gasteiger partial charge in [0.15, 0.2) is 0 Å². The van der Waals surface area contributed by atoms with Gasteiger partial charge in [-0.15, -0.1) is 6.58 Å². The van der Waals surface area contributed by atoms with Gasteiger partial charge < -0.3 is 25.2 Å². The smallest absolute Gasteiger partial charge is 0.408 e. The van der Waals surface area contributed by atoms with Crippen LogP contribution in [-0.4, -0.2) is 63.4 Å². The number of carboxylic acids is 1. The molecule has 27 heavy (non-hydrogen) atoms. The van der Waals surface area contributed by atoms with Gasteiger partial charge in [0.1, 0.15) is 17.7 Å². The number of aliphatic hydroxyl groups is 1. The Morgan fingerprint density at radius 3 is 2.52 bits per heavy atom. The van der Waals surface area contributed by atoms with E-state index < -0.39 is 41.8 Å². The summed E-state index contributed by atoms with van der Waals surface area (Å²) in [5.74, 6) is -1.67. The van der Waals surface area contributed by atoms with Crippen LogP contribution in [0.15, 0.2) is 12.7 Å². The number of β-amino-alcohol motifs (C(OH)–C–C–N with tert-alkyl or cyclic N) is 1. The first-order chi connectivity index (χ1) is 12.5. The number of nitrogens with zero attached hydrogens (tertiary/aromatic N) is 1. The summed E-state index contributed by atoms with van der Waals surface area (Å²) < 4.78 is 5.22. The summed E-state index contributed by atoms with van der Waals surface area (Å²) in [7, 11) is 0. The number of aliphatic hydroxyl groups excluding tert-OH is 1. The van der Waals surface area contributed by atoms with Crippen LogP contribution in [0.25, 0.3) is 0 Å². The Bertz CT molecular complexity index is 543. The number of allylic oxidation sites excluding steroid dienone is 1. The van der Waals surface area contributed by atoms with E-state index in [2.05, 4.69) is 11.9 Å². The van der Waals surface area contributed by atoms with Crippen molar-refractivity contribution in [1.29, 1.82) is 0 Å². The molecule has 0 aromatic heterocycles. The van der Waals surface area contributed by atoms with Crippen molar-refractivity contribution in [3.63, 3.8) is 0 Å². The number of rotatable bonds is 9. The molecule has 0 saturated carbocycles. The van der Waals surface area contributed by atoms with E-state index >= 15 is 0 Å². The number of carbonyl (C=O) groups is 3. The van der Waals surface area contributed by atoms with Crippen LogP contribution in [0.4, 0.5) is 4.79 Å². The molecule has 0 aromatic rings. The van der Waals surface area contributed by atoms with Crippen LogP contribution in [0.5, 0.6) is 0 Å². The summed E-state index contributed by atoms with van der Waals surface area (Å²) in [6.45, 7) is 8.76. The second-order valence-corrected chi connectivity index (χ2v) is 7.86. The Morgan fingerprint density at radius 2 is 1.96 bits per heavy atom. The van der Waals surface area contributed by atoms with Crippen molar-refractivity contribution >= 4 is 18.0 Å². The Hall–Kier alpha value is -2.09. The lowest BCUT2D eigenvalue weighted by molar-refractivity contribution is -0.149. The number of ether oxygens (including phenoxy) is 1. The maximum absolute atomic E-state index is 12.9. The molecule has 1 saturated heterocycles. The van der Waals surface area contributed by atoms with E-state index in [4.69, 9.17) is 4.74 Å². The van der Waals surface area contributed by atoms with Gasteiger partial charge in [0.05, 0.1) is 6.10 Å². The maximum atomic E-state index is 12.9. The molecule has 154 valence electrons. The van der Waals surface area contributed by atoms with Crippen molar-refractivity contribution in [3.8, 4) is 0 Å². The van der Waals surface area contributed by atoms with Crippen molar-refractivity contribution in [3.05, 3.63) is 12.7 Å². The zero-order chi connectivity index (χ0) is 20.6. The Kier molecular flexibility index (Phi) is 8.75. The summed E-state index contributed by atoms with van der Waals surface area (Å²) in [6, 6.07) is -1.98. The van der Waals surface area contributed by atoms with Crippen LogP contribution in [0, 0.1) is 0 Å². The van der Waals surface area contributed by atoms with Crippen LogP contribution in [0.2, 0.25) is 0 Å². The number of nitrogens with one attached hydrogen (secondary N) is 1. The number of hydrogen-bond donors (Lipinski definition) is 3. The summed E-state index contributed by atoms with van der Waals surface area (Å²) in [5.41, 5.74) is -0.713. The Labute approximate surface area is 160 Å². The zero-order valence-electron chi connectivity index (χ0n) is 16.4. The van der Waals surface area contributed by atoms with Crippen LogP contribution >= 0.6 is 0 Å². The third-order valence-corrected chi connectivity index (χ3v) is 4.24. The molecular formula is C19H32N2O6. The van der Waals surface area contributed by atoms with Gasteiger partial charge in [0.25, 0.3) is 0 Å². The molecule has 1 aliphatic heterocycles. The third kappa shape index (κ3) is 7.99. The summed E-state index contributed by atoms with van der Waals surface area (Å²) in [6.07, 6.45) is 3.92. The van der Waals surface area contributed by atoms with Crippen LogP contribution in [0.3, 0.4) is 0 Å². The first kappa shape index (κ1) is 23.0. The highest BCUT2D eigenvalue weighted by Gasteiger charge is 2.41. The molecule has 2 amide bonds. The molecule has 1 rings (SSSR count). The quantitative estimate of drug-likeness (QED) is 0.414. The van der Waals surface area contributed by atoms with E-state index in [-0.39, 0.29) is 13.0 Å². The van der Waals surface area contributed by atoms with Gasteiger partial charge in [0.2, 0.25) is 5.91 Å². The van der Waals surface area contributed by atoms with Crippen molar-refractivity contribution in [2.45, 2.75) is 83.1 Å². The van der Waals surface area contributed by atoms with Gasteiger partial charge in [-0.05, 0) is 40.0 Å². The molecule has 0 unspecified atom stereocenters. The topological polar surface area (TPSA) is 116 Å². The zero-order valence-corrected chi connectivity index (χ0v) is 16.4. The minimum atomic E-state index is -1.16. The van der Waals surface area contributed by atoms with Crippen molar-refractivity contribution in [1.82, 2.24) is 10.2 Å². The number of carbonyl (C=O) groups excluding carboxylic acids is 2. The number of aliphatic carboxylic acids is 1. The highest BCUT2D eigenvalue weighted by molar-refractivity contribution is 5.89. The van der Waals surface area contributed by atoms with Crippen LogP contribution in [0.1, 0.15) is 59.3 Å². The maximum Gasteiger partial charge on any atom is 0.408 e. The molecule has 1 heterocycles. The van der Waals surface area contributed by atoms with Crippen molar-refractivity contribution in [2.24, 2.45) is 0 Å². The van der Waals surface area contributed by atoms with E-state index in [9.17, 15) is 24.6 Å². The number of carboxylic acid groups (broad SMARTS) is 1. The molecule has 1 fully saturated rings. The highest BCUT2D eigenvalue weighted by Crippen LogP contribution is 2.21. The number of alkyl carbamates (subject to hydrolysis) is 1. The predicted octanol–water partition coefficient (Wildman–Crippen LogP) is 2.06. The first-order valence-electron chi connectivity index (χ1n) is 9.37. The second-order valence-electron chi connectivity index (χ2n) is 7.86. The van der Waals surface area contributed by atoms with Gasteiger partial charge in [0, 0.05) is 13.0 Å². The fourth-order valence-corrected chi connectivity index (χ4v) is 3.01. The van der Waals surface area contributed by atoms with Crippen molar-refractivity contribution < 1.29 is 29.3 Å². The standard InChI is InChI=1S/C19H32N2O6/c1-5-6-7-8-9-10-14(20-18(26)27-19(2,3)4)16(23)21-12-13(22)11-15(21)17(24)25/h5,13-15,22H,1,6-12H2,2-4H3,(H,20,26)(H,24,25)/t13-,14-,15-/m0/s1. The van der Waals surface area contributed by atoms with E-state index in [1.165, 1.54) is 0 Å². The van der Waals surface area contributed by atoms with Gasteiger partial charge >= 0.3 is 12.1 Å². The molecule has 0 bridgehead atoms. The average Bonchev–Trinajstić information content (AvgIpc) is 2.93. The molecule has 3 N–H and O–H groups in total. The normalized spacial score (nSPS) is 20.8. The number of unbranched alkanes of at least 4 members (excludes halogenated alkanes) is 3. The summed E-state index contributed by atoms with van der Waals surface area (Å²) >= 11 is 0. The van der Waals surface area contributed by atoms with E-state index in [1.54, 1.807) is 20.8 Å². The first-order valence-corrected chi connectivity index (χ1v) is 9.37. The third-order valence-electron chi connectivity index (χ3n) is 4.24. The molecule has 3 atom stereocenters. The predicted molar refractivity (Wildman–Crippen MR) is 100 cm³/mol. The molecule has 1 aliphatic rings. The average molecular weight is 384 g/mol. The van der Waals surface area contributed by atoms with Gasteiger partial charge in [-0.2, -0.15) is 0 Å². The molecule has 0 radical (unpaired) electrons. The lowest BCUT2D eigenvalue weighted by Crippen LogP contribution is -2.52. The lowest BCUT2D eigenvalue weighted by atomic mass is 10.1. The molecule has 0 spiro atoms.